The lowest BCUT2D eigenvalue weighted by molar-refractivity contribution is -0.139. The number of likely N-dealkylation sites (N-methyl/N-ethyl adjacent to an activating group) is 1. The molecule has 2 aliphatic rings. The molecule has 0 saturated carbocycles. The molecule has 6 atom stereocenters. The molecule has 2 aromatic heterocycles. The van der Waals surface area contributed by atoms with Crippen LogP contribution >= 0.6 is 0 Å². The van der Waals surface area contributed by atoms with E-state index in [0.29, 0.717) is 36.1 Å². The topological polar surface area (TPSA) is 166 Å². The number of H-pyrrole nitrogens is 2. The van der Waals surface area contributed by atoms with E-state index in [-0.39, 0.29) is 47.6 Å². The van der Waals surface area contributed by atoms with Crippen molar-refractivity contribution in [2.45, 2.75) is 78.6 Å². The Labute approximate surface area is 323 Å². The molecule has 4 heterocycles. The van der Waals surface area contributed by atoms with Crippen molar-refractivity contribution < 1.29 is 28.7 Å². The Hall–Kier alpha value is -5.76. The molecule has 292 valence electrons. The standard InChI is InChI=1S/C41H52N8O6/c1-24(2)34(46-40(52)54-8)38(50)48-22-26(5)18-32(48)36-42-20-30(44-36)16-14-28-10-12-29(13-11-28)15-17-31-21-43-37(45-31)33-19-27(6)23-49(33)39(51)35(25(3)4)47(7)41(53)55-9/h10-13,20-21,24-27,32-35H,18-19,22-23H2,1-9H3,(H,42,44)(H,43,45)(H,46,52). The minimum Gasteiger partial charge on any atom is -0.453 e. The number of alkyl carbamates (subject to hydrolysis) is 1. The number of imidazole rings is 2. The fourth-order valence-corrected chi connectivity index (χ4v) is 7.36. The van der Waals surface area contributed by atoms with Gasteiger partial charge in [0, 0.05) is 31.3 Å². The number of benzene rings is 1. The minimum absolute atomic E-state index is 0.111. The minimum atomic E-state index is -0.713. The summed E-state index contributed by atoms with van der Waals surface area (Å²) in [7, 11) is 4.18. The van der Waals surface area contributed by atoms with Gasteiger partial charge in [0.25, 0.3) is 0 Å². The van der Waals surface area contributed by atoms with Crippen molar-refractivity contribution in [2.24, 2.45) is 23.7 Å². The van der Waals surface area contributed by atoms with Crippen molar-refractivity contribution in [1.29, 1.82) is 0 Å². The molecular formula is C41H52N8O6. The Morgan fingerprint density at radius 1 is 0.764 bits per heavy atom. The van der Waals surface area contributed by atoms with E-state index < -0.39 is 24.3 Å². The number of ether oxygens (including phenoxy) is 2. The number of likely N-dealkylation sites (tertiary alicyclic amines) is 2. The van der Waals surface area contributed by atoms with Crippen molar-refractivity contribution in [3.8, 4) is 23.7 Å². The lowest BCUT2D eigenvalue weighted by atomic mass is 10.0. The van der Waals surface area contributed by atoms with Gasteiger partial charge in [0.1, 0.15) is 35.1 Å². The second kappa shape index (κ2) is 17.6. The third-order valence-electron chi connectivity index (χ3n) is 10.1. The molecule has 0 radical (unpaired) electrons. The summed E-state index contributed by atoms with van der Waals surface area (Å²) in [6.45, 7) is 12.9. The number of carbonyl (C=O) groups excluding carboxylic acids is 4. The molecule has 0 spiro atoms. The maximum absolute atomic E-state index is 13.8. The van der Waals surface area contributed by atoms with E-state index in [1.54, 1.807) is 24.3 Å². The summed E-state index contributed by atoms with van der Waals surface area (Å²) in [6, 6.07) is 5.68. The Morgan fingerprint density at radius 2 is 1.24 bits per heavy atom. The zero-order valence-electron chi connectivity index (χ0n) is 33.1. The largest absolute Gasteiger partial charge is 0.453 e. The van der Waals surface area contributed by atoms with E-state index in [4.69, 9.17) is 9.47 Å². The van der Waals surface area contributed by atoms with E-state index in [9.17, 15) is 19.2 Å². The predicted octanol–water partition coefficient (Wildman–Crippen LogP) is 4.85. The number of hydrogen-bond donors (Lipinski definition) is 3. The van der Waals surface area contributed by atoms with E-state index in [2.05, 4.69) is 62.8 Å². The summed E-state index contributed by atoms with van der Waals surface area (Å²) in [5, 5.41) is 2.68. The lowest BCUT2D eigenvalue weighted by Crippen LogP contribution is -2.52. The highest BCUT2D eigenvalue weighted by Crippen LogP contribution is 2.36. The van der Waals surface area contributed by atoms with Gasteiger partial charge in [-0.25, -0.2) is 19.6 Å². The second-order valence-electron chi connectivity index (χ2n) is 15.3. The molecule has 14 heteroatoms. The highest BCUT2D eigenvalue weighted by atomic mass is 16.5. The average Bonchev–Trinajstić information content (AvgIpc) is 3.98. The molecule has 1 aromatic carbocycles. The number of rotatable bonds is 8. The normalized spacial score (nSPS) is 20.3. The average molecular weight is 753 g/mol. The van der Waals surface area contributed by atoms with Crippen LogP contribution in [0.2, 0.25) is 0 Å². The van der Waals surface area contributed by atoms with Gasteiger partial charge in [0.2, 0.25) is 11.8 Å². The Balaban J connectivity index is 1.23. The summed E-state index contributed by atoms with van der Waals surface area (Å²) in [4.78, 5) is 72.3. The van der Waals surface area contributed by atoms with Crippen LogP contribution in [0.15, 0.2) is 36.7 Å². The fourth-order valence-electron chi connectivity index (χ4n) is 7.36. The molecule has 0 bridgehead atoms. The number of carbonyl (C=O) groups is 4. The summed E-state index contributed by atoms with van der Waals surface area (Å²) in [5.41, 5.74) is 2.84. The molecule has 14 nitrogen and oxygen atoms in total. The third-order valence-corrected chi connectivity index (χ3v) is 10.1. The molecule has 2 saturated heterocycles. The zero-order chi connectivity index (χ0) is 40.0. The van der Waals surface area contributed by atoms with Crippen molar-refractivity contribution in [2.75, 3.05) is 34.4 Å². The Kier molecular flexibility index (Phi) is 12.9. The predicted molar refractivity (Wildman–Crippen MR) is 205 cm³/mol. The Bertz CT molecular complexity index is 1980. The van der Waals surface area contributed by atoms with Crippen molar-refractivity contribution >= 4 is 24.0 Å². The number of hydrogen-bond acceptors (Lipinski definition) is 8. The molecule has 0 aliphatic carbocycles. The van der Waals surface area contributed by atoms with Crippen molar-refractivity contribution in [3.05, 3.63) is 70.8 Å². The van der Waals surface area contributed by atoms with Gasteiger partial charge in [-0.3, -0.25) is 14.5 Å². The number of amides is 4. The van der Waals surface area contributed by atoms with Crippen molar-refractivity contribution in [1.82, 2.24) is 40.0 Å². The van der Waals surface area contributed by atoms with Crippen LogP contribution < -0.4 is 5.32 Å². The quantitative estimate of drug-likeness (QED) is 0.275. The monoisotopic (exact) mass is 752 g/mol. The van der Waals surface area contributed by atoms with E-state index in [1.807, 2.05) is 56.9 Å². The van der Waals surface area contributed by atoms with Crippen LogP contribution in [0.3, 0.4) is 0 Å². The van der Waals surface area contributed by atoms with Gasteiger partial charge in [-0.1, -0.05) is 53.4 Å². The number of aromatic nitrogens is 4. The summed E-state index contributed by atoms with van der Waals surface area (Å²) in [6.07, 6.45) is 3.64. The van der Waals surface area contributed by atoms with Gasteiger partial charge in [0.05, 0.1) is 38.7 Å². The first-order valence-electron chi connectivity index (χ1n) is 18.7. The fraction of sp³-hybridized carbons (Fsp3) is 0.512. The van der Waals surface area contributed by atoms with Crippen LogP contribution in [0.5, 0.6) is 0 Å². The molecule has 2 aliphatic heterocycles. The van der Waals surface area contributed by atoms with Crippen LogP contribution in [0, 0.1) is 47.4 Å². The number of nitrogens with one attached hydrogen (secondary N) is 3. The van der Waals surface area contributed by atoms with Crippen molar-refractivity contribution in [3.63, 3.8) is 0 Å². The first-order valence-corrected chi connectivity index (χ1v) is 18.7. The first kappa shape index (κ1) is 40.4. The van der Waals surface area contributed by atoms with Gasteiger partial charge in [-0.05, 0) is 72.6 Å². The molecule has 2 fully saturated rings. The molecule has 5 rings (SSSR count). The first-order chi connectivity index (χ1) is 26.2. The maximum Gasteiger partial charge on any atom is 0.409 e. The summed E-state index contributed by atoms with van der Waals surface area (Å²) >= 11 is 0. The molecule has 4 amide bonds. The third kappa shape index (κ3) is 9.49. The zero-order valence-corrected chi connectivity index (χ0v) is 33.1. The van der Waals surface area contributed by atoms with Crippen LogP contribution in [-0.4, -0.2) is 105 Å². The van der Waals surface area contributed by atoms with Gasteiger partial charge in [0.15, 0.2) is 0 Å². The van der Waals surface area contributed by atoms with E-state index >= 15 is 0 Å². The van der Waals surface area contributed by atoms with E-state index in [1.165, 1.54) is 19.1 Å². The van der Waals surface area contributed by atoms with Crippen LogP contribution in [0.25, 0.3) is 0 Å². The smallest absolute Gasteiger partial charge is 0.409 e. The summed E-state index contributed by atoms with van der Waals surface area (Å²) < 4.78 is 9.64. The van der Waals surface area contributed by atoms with Gasteiger partial charge >= 0.3 is 12.2 Å². The van der Waals surface area contributed by atoms with Crippen LogP contribution in [0.4, 0.5) is 9.59 Å². The van der Waals surface area contributed by atoms with E-state index in [0.717, 1.165) is 24.0 Å². The van der Waals surface area contributed by atoms with Gasteiger partial charge in [-0.2, -0.15) is 0 Å². The number of aromatic amines is 2. The highest BCUT2D eigenvalue weighted by molar-refractivity contribution is 5.87. The molecule has 6 unspecified atom stereocenters. The molecular weight excluding hydrogens is 701 g/mol. The van der Waals surface area contributed by atoms with Gasteiger partial charge < -0.3 is 34.6 Å². The van der Waals surface area contributed by atoms with Gasteiger partial charge in [-0.15, -0.1) is 0 Å². The Morgan fingerprint density at radius 3 is 1.65 bits per heavy atom. The molecule has 3 N–H and O–H groups in total. The summed E-state index contributed by atoms with van der Waals surface area (Å²) in [5.74, 6) is 13.9. The van der Waals surface area contributed by atoms with Crippen LogP contribution in [-0.2, 0) is 19.1 Å². The maximum atomic E-state index is 13.8. The second-order valence-corrected chi connectivity index (χ2v) is 15.3. The SMILES string of the molecule is COC(=O)NC(C(=O)N1CC(C)CC1c1ncc(C#Cc2ccc(C#Cc3cnc(C4CC(C)CN4C(=O)C(C(C)C)N(C)C(=O)OC)[nH]3)cc2)[nH]1)C(C)C. The lowest BCUT2D eigenvalue weighted by Gasteiger charge is -2.34. The number of methoxy groups -OCH3 is 2. The highest BCUT2D eigenvalue weighted by Gasteiger charge is 2.42. The van der Waals surface area contributed by atoms with Crippen LogP contribution in [0.1, 0.15) is 101 Å². The molecule has 3 aromatic rings. The number of nitrogens with zero attached hydrogens (tertiary/aromatic N) is 5. The molecule has 55 heavy (non-hydrogen) atoms.